The number of halogens is 3. The lowest BCUT2D eigenvalue weighted by molar-refractivity contribution is 0.0696. The highest BCUT2D eigenvalue weighted by atomic mass is 35.5. The van der Waals surface area contributed by atoms with Gasteiger partial charge in [-0.2, -0.15) is 0 Å². The average molecular weight is 454 g/mol. The van der Waals surface area contributed by atoms with Crippen molar-refractivity contribution in [2.75, 3.05) is 0 Å². The topological polar surface area (TPSA) is 51.5 Å². The van der Waals surface area contributed by atoms with Crippen molar-refractivity contribution in [3.8, 4) is 22.7 Å². The zero-order valence-corrected chi connectivity index (χ0v) is 17.7. The predicted octanol–water partition coefficient (Wildman–Crippen LogP) is 6.66. The molecule has 0 spiro atoms. The van der Waals surface area contributed by atoms with Crippen molar-refractivity contribution in [1.82, 2.24) is 4.57 Å². The van der Waals surface area contributed by atoms with Crippen LogP contribution in [0.2, 0.25) is 5.02 Å². The Bertz CT molecular complexity index is 1300. The van der Waals surface area contributed by atoms with E-state index in [1.165, 1.54) is 24.3 Å². The summed E-state index contributed by atoms with van der Waals surface area (Å²) in [4.78, 5) is 11.4. The Morgan fingerprint density at radius 1 is 1.00 bits per heavy atom. The van der Waals surface area contributed by atoms with Crippen molar-refractivity contribution in [1.29, 1.82) is 0 Å². The van der Waals surface area contributed by atoms with Gasteiger partial charge in [0.2, 0.25) is 0 Å². The van der Waals surface area contributed by atoms with E-state index in [0.29, 0.717) is 27.7 Å². The van der Waals surface area contributed by atoms with E-state index >= 15 is 0 Å². The van der Waals surface area contributed by atoms with E-state index in [1.54, 1.807) is 54.0 Å². The summed E-state index contributed by atoms with van der Waals surface area (Å²) in [5.74, 6) is -1.55. The minimum atomic E-state index is -1.15. The Balaban J connectivity index is 1.79. The van der Waals surface area contributed by atoms with E-state index in [4.69, 9.17) is 16.3 Å². The van der Waals surface area contributed by atoms with Crippen LogP contribution in [0.3, 0.4) is 0 Å². The van der Waals surface area contributed by atoms with Gasteiger partial charge in [-0.3, -0.25) is 0 Å². The Morgan fingerprint density at radius 2 is 1.75 bits per heavy atom. The van der Waals surface area contributed by atoms with E-state index < -0.39 is 11.8 Å². The van der Waals surface area contributed by atoms with Crippen LogP contribution in [0.25, 0.3) is 16.9 Å². The van der Waals surface area contributed by atoms with E-state index in [9.17, 15) is 18.7 Å². The van der Waals surface area contributed by atoms with Gasteiger partial charge in [0.05, 0.1) is 16.9 Å². The molecule has 32 heavy (non-hydrogen) atoms. The quantitative estimate of drug-likeness (QED) is 0.355. The van der Waals surface area contributed by atoms with Gasteiger partial charge in [0.15, 0.2) is 0 Å². The highest BCUT2D eigenvalue weighted by Crippen LogP contribution is 2.36. The Morgan fingerprint density at radius 3 is 2.47 bits per heavy atom. The molecule has 7 heteroatoms. The van der Waals surface area contributed by atoms with Gasteiger partial charge in [0, 0.05) is 16.3 Å². The van der Waals surface area contributed by atoms with Crippen LogP contribution in [0.5, 0.6) is 5.75 Å². The number of carboxylic acid groups (broad SMARTS) is 1. The van der Waals surface area contributed by atoms with Crippen LogP contribution in [0.1, 0.15) is 21.6 Å². The molecule has 0 saturated carbocycles. The zero-order valence-electron chi connectivity index (χ0n) is 17.0. The molecule has 0 fully saturated rings. The molecule has 0 unspecified atom stereocenters. The maximum Gasteiger partial charge on any atom is 0.335 e. The van der Waals surface area contributed by atoms with Gasteiger partial charge >= 0.3 is 5.97 Å². The number of nitrogens with zero attached hydrogens (tertiary/aromatic N) is 1. The summed E-state index contributed by atoms with van der Waals surface area (Å²) < 4.78 is 35.5. The highest BCUT2D eigenvalue weighted by Gasteiger charge is 2.18. The lowest BCUT2D eigenvalue weighted by Crippen LogP contribution is -2.06. The van der Waals surface area contributed by atoms with Crippen LogP contribution < -0.4 is 4.74 Å². The number of benzene rings is 3. The normalized spacial score (nSPS) is 10.9. The molecule has 0 radical (unpaired) electrons. The third-order valence-corrected chi connectivity index (χ3v) is 5.27. The van der Waals surface area contributed by atoms with E-state index in [-0.39, 0.29) is 23.7 Å². The molecule has 0 saturated heterocycles. The smallest absolute Gasteiger partial charge is 0.335 e. The largest absolute Gasteiger partial charge is 0.488 e. The average Bonchev–Trinajstić information content (AvgIpc) is 3.15. The fraction of sp³-hybridized carbons (Fsp3) is 0.0800. The van der Waals surface area contributed by atoms with Crippen molar-refractivity contribution in [2.24, 2.45) is 0 Å². The maximum absolute atomic E-state index is 14.8. The van der Waals surface area contributed by atoms with Crippen LogP contribution in [-0.4, -0.2) is 15.6 Å². The molecule has 3 aromatic carbocycles. The van der Waals surface area contributed by atoms with Crippen molar-refractivity contribution in [3.05, 3.63) is 106 Å². The first-order valence-electron chi connectivity index (χ1n) is 9.72. The fourth-order valence-corrected chi connectivity index (χ4v) is 3.63. The number of carbonyl (C=O) groups is 1. The van der Waals surface area contributed by atoms with Crippen molar-refractivity contribution in [3.63, 3.8) is 0 Å². The molecule has 0 aliphatic carbocycles. The number of carboxylic acids is 1. The van der Waals surface area contributed by atoms with Gasteiger partial charge in [-0.15, -0.1) is 0 Å². The van der Waals surface area contributed by atoms with Gasteiger partial charge < -0.3 is 14.4 Å². The lowest BCUT2D eigenvalue weighted by atomic mass is 10.1. The molecule has 0 aliphatic rings. The van der Waals surface area contributed by atoms with Gasteiger partial charge in [0.25, 0.3) is 0 Å². The number of rotatable bonds is 6. The zero-order chi connectivity index (χ0) is 22.8. The fourth-order valence-electron chi connectivity index (χ4n) is 3.46. The van der Waals surface area contributed by atoms with Gasteiger partial charge in [-0.05, 0) is 73.2 Å². The number of ether oxygens (including phenoxy) is 1. The third kappa shape index (κ3) is 4.36. The number of aromatic carboxylic acids is 1. The number of hydrogen-bond donors (Lipinski definition) is 1. The van der Waals surface area contributed by atoms with Crippen LogP contribution in [0.4, 0.5) is 8.78 Å². The first kappa shape index (κ1) is 21.6. The summed E-state index contributed by atoms with van der Waals surface area (Å²) in [6.07, 6.45) is 0. The molecule has 0 atom stereocenters. The number of aromatic nitrogens is 1. The van der Waals surface area contributed by atoms with E-state index in [0.717, 1.165) is 11.6 Å². The van der Waals surface area contributed by atoms with Crippen LogP contribution in [-0.2, 0) is 6.61 Å². The van der Waals surface area contributed by atoms with E-state index in [1.807, 2.05) is 0 Å². The summed E-state index contributed by atoms with van der Waals surface area (Å²) in [6.45, 7) is 1.98. The standard InChI is InChI=1S/C25H18ClF2NO3/c1-15-2-10-22(29(15)23-12-17(25(30)31)5-9-21(23)28)20-13-18(26)6-11-24(20)32-14-16-3-7-19(27)8-4-16/h2-13H,14H2,1H3,(H,30,31). The maximum atomic E-state index is 14.8. The SMILES string of the molecule is Cc1ccc(-c2cc(Cl)ccc2OCc2ccc(F)cc2)n1-c1cc(C(=O)O)ccc1F. The minimum Gasteiger partial charge on any atom is -0.488 e. The van der Waals surface area contributed by atoms with Crippen molar-refractivity contribution in [2.45, 2.75) is 13.5 Å². The number of aryl methyl sites for hydroxylation is 1. The number of hydrogen-bond acceptors (Lipinski definition) is 2. The van der Waals surface area contributed by atoms with Crippen LogP contribution in [0.15, 0.2) is 72.8 Å². The predicted molar refractivity (Wildman–Crippen MR) is 119 cm³/mol. The van der Waals surface area contributed by atoms with Gasteiger partial charge in [-0.1, -0.05) is 23.7 Å². The molecule has 162 valence electrons. The summed E-state index contributed by atoms with van der Waals surface area (Å²) in [5, 5.41) is 9.79. The van der Waals surface area contributed by atoms with Crippen molar-refractivity contribution < 1.29 is 23.4 Å². The van der Waals surface area contributed by atoms with Crippen molar-refractivity contribution >= 4 is 17.6 Å². The van der Waals surface area contributed by atoms with Gasteiger partial charge in [0.1, 0.15) is 24.0 Å². The lowest BCUT2D eigenvalue weighted by Gasteiger charge is -2.17. The summed E-state index contributed by atoms with van der Waals surface area (Å²) >= 11 is 6.25. The first-order valence-corrected chi connectivity index (χ1v) is 10.1. The Hall–Kier alpha value is -3.64. The van der Waals surface area contributed by atoms with E-state index in [2.05, 4.69) is 0 Å². The Labute approximate surface area is 188 Å². The first-order chi connectivity index (χ1) is 15.3. The minimum absolute atomic E-state index is 0.0284. The molecule has 4 nitrogen and oxygen atoms in total. The summed E-state index contributed by atoms with van der Waals surface area (Å²) in [5.41, 5.74) is 2.74. The molecular formula is C25H18ClF2NO3. The second kappa shape index (κ2) is 8.85. The second-order valence-electron chi connectivity index (χ2n) is 7.22. The Kier molecular flexibility index (Phi) is 5.97. The molecule has 0 bridgehead atoms. The van der Waals surface area contributed by atoms with Crippen LogP contribution in [0, 0.1) is 18.6 Å². The van der Waals surface area contributed by atoms with Crippen LogP contribution >= 0.6 is 11.6 Å². The van der Waals surface area contributed by atoms with Gasteiger partial charge in [-0.25, -0.2) is 13.6 Å². The summed E-state index contributed by atoms with van der Waals surface area (Å²) in [6, 6.07) is 18.3. The molecule has 1 aromatic heterocycles. The molecule has 4 rings (SSSR count). The molecular weight excluding hydrogens is 436 g/mol. The molecule has 4 aromatic rings. The second-order valence-corrected chi connectivity index (χ2v) is 7.66. The monoisotopic (exact) mass is 453 g/mol. The molecule has 1 N–H and O–H groups in total. The summed E-state index contributed by atoms with van der Waals surface area (Å²) in [7, 11) is 0. The molecule has 0 aliphatic heterocycles. The third-order valence-electron chi connectivity index (χ3n) is 5.04. The highest BCUT2D eigenvalue weighted by molar-refractivity contribution is 6.31. The molecule has 0 amide bonds. The molecule has 1 heterocycles.